The third-order valence-electron chi connectivity index (χ3n) is 2.50. The molecule has 2 unspecified atom stereocenters. The van der Waals surface area contributed by atoms with Gasteiger partial charge in [0.05, 0.1) is 13.2 Å². The fourth-order valence-corrected chi connectivity index (χ4v) is 1.74. The lowest BCUT2D eigenvalue weighted by Gasteiger charge is -2.10. The molecule has 1 aromatic carbocycles. The number of hydrogen-bond acceptors (Lipinski definition) is 3. The number of hydrogen-bond donors (Lipinski definition) is 1. The minimum atomic E-state index is -0.205. The van der Waals surface area contributed by atoms with E-state index in [1.54, 1.807) is 0 Å². The van der Waals surface area contributed by atoms with Gasteiger partial charge in [0.25, 0.3) is 0 Å². The van der Waals surface area contributed by atoms with Crippen molar-refractivity contribution >= 4 is 0 Å². The summed E-state index contributed by atoms with van der Waals surface area (Å²) in [5.74, 6) is 0. The predicted octanol–water partition coefficient (Wildman–Crippen LogP) is 1.27. The summed E-state index contributed by atoms with van der Waals surface area (Å²) in [5, 5.41) is 8.89. The molecule has 0 radical (unpaired) electrons. The van der Waals surface area contributed by atoms with Gasteiger partial charge >= 0.3 is 0 Å². The lowest BCUT2D eigenvalue weighted by atomic mass is 10.1. The number of aliphatic hydroxyl groups excluding tert-OH is 1. The van der Waals surface area contributed by atoms with Crippen molar-refractivity contribution in [3.63, 3.8) is 0 Å². The van der Waals surface area contributed by atoms with E-state index >= 15 is 0 Å². The fourth-order valence-electron chi connectivity index (χ4n) is 1.74. The molecule has 1 N–H and O–H groups in total. The molecular formula is C12H16O3. The molecule has 1 saturated heterocycles. The predicted molar refractivity (Wildman–Crippen MR) is 56.6 cm³/mol. The van der Waals surface area contributed by atoms with E-state index in [-0.39, 0.29) is 19.0 Å². The number of benzene rings is 1. The molecule has 1 aliphatic rings. The normalized spacial score (nSPS) is 25.7. The first kappa shape index (κ1) is 10.6. The van der Waals surface area contributed by atoms with Crippen LogP contribution < -0.4 is 0 Å². The van der Waals surface area contributed by atoms with Crippen LogP contribution in [0.5, 0.6) is 0 Å². The highest BCUT2D eigenvalue weighted by molar-refractivity contribution is 5.22. The van der Waals surface area contributed by atoms with Gasteiger partial charge in [-0.15, -0.1) is 0 Å². The topological polar surface area (TPSA) is 38.7 Å². The highest BCUT2D eigenvalue weighted by atomic mass is 16.7. The van der Waals surface area contributed by atoms with Gasteiger partial charge in [-0.25, -0.2) is 0 Å². The van der Waals surface area contributed by atoms with E-state index in [1.807, 2.05) is 6.07 Å². The van der Waals surface area contributed by atoms with Crippen molar-refractivity contribution in [2.75, 3.05) is 13.2 Å². The van der Waals surface area contributed by atoms with Crippen LogP contribution in [0, 0.1) is 6.92 Å². The molecule has 0 saturated carbocycles. The lowest BCUT2D eigenvalue weighted by Crippen LogP contribution is -2.17. The maximum absolute atomic E-state index is 8.89. The van der Waals surface area contributed by atoms with E-state index in [9.17, 15) is 0 Å². The van der Waals surface area contributed by atoms with Crippen LogP contribution >= 0.6 is 0 Å². The van der Waals surface area contributed by atoms with Crippen LogP contribution in [0.1, 0.15) is 11.1 Å². The minimum absolute atomic E-state index is 0.0321. The van der Waals surface area contributed by atoms with Crippen LogP contribution in [-0.2, 0) is 15.9 Å². The molecule has 3 nitrogen and oxygen atoms in total. The first-order valence-electron chi connectivity index (χ1n) is 5.21. The SMILES string of the molecule is Cc1cccc(CC2OCC(CO)O2)c1. The molecule has 15 heavy (non-hydrogen) atoms. The summed E-state index contributed by atoms with van der Waals surface area (Å²) in [4.78, 5) is 0. The summed E-state index contributed by atoms with van der Waals surface area (Å²) in [7, 11) is 0. The third kappa shape index (κ3) is 2.78. The molecule has 0 aromatic heterocycles. The van der Waals surface area contributed by atoms with Gasteiger partial charge in [0.15, 0.2) is 6.29 Å². The first-order chi connectivity index (χ1) is 7.28. The van der Waals surface area contributed by atoms with Crippen LogP contribution in [0.4, 0.5) is 0 Å². The largest absolute Gasteiger partial charge is 0.394 e. The third-order valence-corrected chi connectivity index (χ3v) is 2.50. The van der Waals surface area contributed by atoms with Gasteiger partial charge in [0.2, 0.25) is 0 Å². The highest BCUT2D eigenvalue weighted by Crippen LogP contribution is 2.16. The van der Waals surface area contributed by atoms with Crippen LogP contribution in [-0.4, -0.2) is 30.7 Å². The Morgan fingerprint density at radius 1 is 1.47 bits per heavy atom. The smallest absolute Gasteiger partial charge is 0.162 e. The molecule has 1 fully saturated rings. The summed E-state index contributed by atoms with van der Waals surface area (Å²) in [6, 6.07) is 8.28. The van der Waals surface area contributed by atoms with Gasteiger partial charge in [-0.3, -0.25) is 0 Å². The van der Waals surface area contributed by atoms with Crippen molar-refractivity contribution in [2.24, 2.45) is 0 Å². The molecule has 0 spiro atoms. The summed E-state index contributed by atoms with van der Waals surface area (Å²) >= 11 is 0. The van der Waals surface area contributed by atoms with Gasteiger partial charge < -0.3 is 14.6 Å². The second kappa shape index (κ2) is 4.75. The van der Waals surface area contributed by atoms with Gasteiger partial charge in [-0.05, 0) is 12.5 Å². The van der Waals surface area contributed by atoms with Crippen LogP contribution in [0.3, 0.4) is 0 Å². The minimum Gasteiger partial charge on any atom is -0.394 e. The van der Waals surface area contributed by atoms with Crippen LogP contribution in [0.15, 0.2) is 24.3 Å². The van der Waals surface area contributed by atoms with E-state index in [0.717, 1.165) is 6.42 Å². The Kier molecular flexibility index (Phi) is 3.36. The molecule has 1 aliphatic heterocycles. The zero-order valence-corrected chi connectivity index (χ0v) is 8.85. The van der Waals surface area contributed by atoms with Crippen molar-refractivity contribution in [1.82, 2.24) is 0 Å². The van der Waals surface area contributed by atoms with Crippen LogP contribution in [0.25, 0.3) is 0 Å². The number of aryl methyl sites for hydroxylation is 1. The molecule has 3 heteroatoms. The van der Waals surface area contributed by atoms with E-state index in [0.29, 0.717) is 6.61 Å². The second-order valence-corrected chi connectivity index (χ2v) is 3.90. The Morgan fingerprint density at radius 3 is 3.00 bits per heavy atom. The van der Waals surface area contributed by atoms with Crippen molar-refractivity contribution in [3.8, 4) is 0 Å². The van der Waals surface area contributed by atoms with Crippen molar-refractivity contribution < 1.29 is 14.6 Å². The second-order valence-electron chi connectivity index (χ2n) is 3.90. The summed E-state index contributed by atoms with van der Waals surface area (Å²) in [6.07, 6.45) is 0.391. The Hall–Kier alpha value is -0.900. The molecule has 82 valence electrons. The summed E-state index contributed by atoms with van der Waals surface area (Å²) in [5.41, 5.74) is 2.45. The number of rotatable bonds is 3. The molecular weight excluding hydrogens is 192 g/mol. The van der Waals surface area contributed by atoms with E-state index in [2.05, 4.69) is 25.1 Å². The van der Waals surface area contributed by atoms with Crippen molar-refractivity contribution in [3.05, 3.63) is 35.4 Å². The number of ether oxygens (including phenoxy) is 2. The van der Waals surface area contributed by atoms with Gasteiger partial charge in [-0.2, -0.15) is 0 Å². The Bertz CT molecular complexity index is 324. The highest BCUT2D eigenvalue weighted by Gasteiger charge is 2.25. The standard InChI is InChI=1S/C12H16O3/c1-9-3-2-4-10(5-9)6-12-14-8-11(7-13)15-12/h2-5,11-13H,6-8H2,1H3. The Balaban J connectivity index is 1.92. The molecule has 0 aliphatic carbocycles. The summed E-state index contributed by atoms with van der Waals surface area (Å²) in [6.45, 7) is 2.59. The van der Waals surface area contributed by atoms with E-state index in [4.69, 9.17) is 14.6 Å². The fraction of sp³-hybridized carbons (Fsp3) is 0.500. The average Bonchev–Trinajstić information content (AvgIpc) is 2.65. The summed E-state index contributed by atoms with van der Waals surface area (Å²) < 4.78 is 10.9. The van der Waals surface area contributed by atoms with E-state index < -0.39 is 0 Å². The van der Waals surface area contributed by atoms with E-state index in [1.165, 1.54) is 11.1 Å². The Morgan fingerprint density at radius 2 is 2.33 bits per heavy atom. The molecule has 0 bridgehead atoms. The maximum Gasteiger partial charge on any atom is 0.162 e. The molecule has 1 heterocycles. The van der Waals surface area contributed by atoms with Gasteiger partial charge in [0.1, 0.15) is 6.10 Å². The molecule has 2 atom stereocenters. The Labute approximate surface area is 89.6 Å². The lowest BCUT2D eigenvalue weighted by molar-refractivity contribution is -0.0632. The molecule has 2 rings (SSSR count). The molecule has 1 aromatic rings. The van der Waals surface area contributed by atoms with Crippen molar-refractivity contribution in [2.45, 2.75) is 25.7 Å². The monoisotopic (exact) mass is 208 g/mol. The van der Waals surface area contributed by atoms with Crippen molar-refractivity contribution in [1.29, 1.82) is 0 Å². The first-order valence-corrected chi connectivity index (χ1v) is 5.21. The zero-order valence-electron chi connectivity index (χ0n) is 8.85. The van der Waals surface area contributed by atoms with Gasteiger partial charge in [0, 0.05) is 6.42 Å². The maximum atomic E-state index is 8.89. The zero-order chi connectivity index (χ0) is 10.7. The molecule has 0 amide bonds. The number of aliphatic hydroxyl groups is 1. The quantitative estimate of drug-likeness (QED) is 0.813. The average molecular weight is 208 g/mol. The van der Waals surface area contributed by atoms with Crippen LogP contribution in [0.2, 0.25) is 0 Å². The van der Waals surface area contributed by atoms with Gasteiger partial charge in [-0.1, -0.05) is 29.8 Å².